The normalized spacial score (nSPS) is 15.7. The quantitative estimate of drug-likeness (QED) is 0.415. The van der Waals surface area contributed by atoms with Gasteiger partial charge in [-0.25, -0.2) is 0 Å². The van der Waals surface area contributed by atoms with Crippen LogP contribution < -0.4 is 4.90 Å². The Morgan fingerprint density at radius 2 is 1.58 bits per heavy atom. The number of aldehydes is 1. The first-order chi connectivity index (χ1) is 15.2. The second kappa shape index (κ2) is 9.71. The van der Waals surface area contributed by atoms with Crippen LogP contribution in [0.15, 0.2) is 48.5 Å². The number of rotatable bonds is 8. The van der Waals surface area contributed by atoms with Crippen molar-refractivity contribution in [3.8, 4) is 21.1 Å². The molecule has 4 rings (SSSR count). The van der Waals surface area contributed by atoms with E-state index in [-0.39, 0.29) is 5.60 Å². The molecule has 1 aliphatic heterocycles. The second-order valence-corrected chi connectivity index (χ2v) is 9.15. The van der Waals surface area contributed by atoms with E-state index < -0.39 is 0 Å². The lowest BCUT2D eigenvalue weighted by molar-refractivity contribution is -0.0374. The highest BCUT2D eigenvalue weighted by atomic mass is 32.1. The minimum atomic E-state index is 0.0549. The maximum atomic E-state index is 10.8. The number of carbonyl (C=O) groups is 1. The highest BCUT2D eigenvalue weighted by Gasteiger charge is 2.33. The van der Waals surface area contributed by atoms with E-state index in [1.807, 2.05) is 19.2 Å². The van der Waals surface area contributed by atoms with Gasteiger partial charge in [-0.15, -0.1) is 10.2 Å². The number of ether oxygens (including phenoxy) is 1. The molecule has 1 aromatic heterocycles. The van der Waals surface area contributed by atoms with Crippen LogP contribution in [-0.2, 0) is 4.74 Å². The zero-order chi connectivity index (χ0) is 21.7. The van der Waals surface area contributed by atoms with Crippen molar-refractivity contribution in [3.05, 3.63) is 54.1 Å². The molecule has 0 unspecified atom stereocenters. The number of piperidine rings is 1. The number of nitrogens with zero attached hydrogens (tertiary/aromatic N) is 3. The lowest BCUT2D eigenvalue weighted by atomic mass is 9.86. The Bertz CT molecular complexity index is 990. The molecule has 2 heterocycles. The molecule has 1 saturated heterocycles. The third-order valence-electron chi connectivity index (χ3n) is 6.29. The van der Waals surface area contributed by atoms with Crippen LogP contribution in [0.25, 0.3) is 21.1 Å². The van der Waals surface area contributed by atoms with E-state index in [0.717, 1.165) is 59.8 Å². The summed E-state index contributed by atoms with van der Waals surface area (Å²) in [5.41, 5.74) is 4.01. The Kier molecular flexibility index (Phi) is 6.78. The number of anilines is 1. The molecule has 3 aromatic rings. The number of hydrogen-bond acceptors (Lipinski definition) is 6. The zero-order valence-electron chi connectivity index (χ0n) is 18.2. The van der Waals surface area contributed by atoms with Crippen LogP contribution in [0, 0.1) is 0 Å². The van der Waals surface area contributed by atoms with Gasteiger partial charge in [-0.1, -0.05) is 55.4 Å². The number of hydrogen-bond donors (Lipinski definition) is 0. The molecule has 0 radical (unpaired) electrons. The molecule has 0 atom stereocenters. The zero-order valence-corrected chi connectivity index (χ0v) is 19.0. The molecular weight excluding hydrogens is 406 g/mol. The molecular formula is C25H29N3O2S. The van der Waals surface area contributed by atoms with Gasteiger partial charge < -0.3 is 9.64 Å². The summed E-state index contributed by atoms with van der Waals surface area (Å²) in [7, 11) is 1.87. The summed E-state index contributed by atoms with van der Waals surface area (Å²) in [4.78, 5) is 13.3. The van der Waals surface area contributed by atoms with E-state index in [0.29, 0.717) is 5.56 Å². The lowest BCUT2D eigenvalue weighted by Crippen LogP contribution is -2.45. The lowest BCUT2D eigenvalue weighted by Gasteiger charge is -2.42. The first-order valence-electron chi connectivity index (χ1n) is 11.0. The van der Waals surface area contributed by atoms with E-state index in [2.05, 4.69) is 46.3 Å². The predicted octanol–water partition coefficient (Wildman–Crippen LogP) is 5.86. The van der Waals surface area contributed by atoms with Gasteiger partial charge in [-0.2, -0.15) is 0 Å². The van der Waals surface area contributed by atoms with E-state index in [1.54, 1.807) is 23.5 Å². The molecule has 1 fully saturated rings. The fourth-order valence-electron chi connectivity index (χ4n) is 4.20. The summed E-state index contributed by atoms with van der Waals surface area (Å²) < 4.78 is 5.94. The molecule has 6 heteroatoms. The van der Waals surface area contributed by atoms with Crippen LogP contribution >= 0.6 is 11.3 Å². The predicted molar refractivity (Wildman–Crippen MR) is 127 cm³/mol. The average Bonchev–Trinajstić information content (AvgIpc) is 3.34. The minimum Gasteiger partial charge on any atom is -0.378 e. The van der Waals surface area contributed by atoms with Gasteiger partial charge in [-0.3, -0.25) is 4.79 Å². The van der Waals surface area contributed by atoms with Crippen molar-refractivity contribution in [1.82, 2.24) is 10.2 Å². The molecule has 2 aromatic carbocycles. The van der Waals surface area contributed by atoms with Gasteiger partial charge in [0.2, 0.25) is 0 Å². The van der Waals surface area contributed by atoms with Gasteiger partial charge >= 0.3 is 0 Å². The maximum Gasteiger partial charge on any atom is 0.150 e. The molecule has 5 nitrogen and oxygen atoms in total. The van der Waals surface area contributed by atoms with Crippen LogP contribution in [0.2, 0.25) is 0 Å². The molecule has 31 heavy (non-hydrogen) atoms. The minimum absolute atomic E-state index is 0.0549. The van der Waals surface area contributed by atoms with Crippen LogP contribution in [0.3, 0.4) is 0 Å². The molecule has 0 saturated carbocycles. The number of benzene rings is 2. The van der Waals surface area contributed by atoms with Crippen molar-refractivity contribution in [1.29, 1.82) is 0 Å². The van der Waals surface area contributed by atoms with Gasteiger partial charge in [0.25, 0.3) is 0 Å². The molecule has 0 bridgehead atoms. The fourth-order valence-corrected chi connectivity index (χ4v) is 5.06. The van der Waals surface area contributed by atoms with Crippen LogP contribution in [0.5, 0.6) is 0 Å². The Morgan fingerprint density at radius 1 is 1.00 bits per heavy atom. The second-order valence-electron chi connectivity index (χ2n) is 8.18. The van der Waals surface area contributed by atoms with Gasteiger partial charge in [0, 0.05) is 42.6 Å². The van der Waals surface area contributed by atoms with Crippen molar-refractivity contribution in [3.63, 3.8) is 0 Å². The Balaban J connectivity index is 1.42. The third-order valence-corrected chi connectivity index (χ3v) is 7.31. The highest BCUT2D eigenvalue weighted by Crippen LogP contribution is 2.35. The van der Waals surface area contributed by atoms with Crippen LogP contribution in [0.4, 0.5) is 5.69 Å². The van der Waals surface area contributed by atoms with Crippen molar-refractivity contribution in [2.45, 2.75) is 44.6 Å². The Labute approximate surface area is 188 Å². The monoisotopic (exact) mass is 435 g/mol. The molecule has 0 spiro atoms. The Hall–Kier alpha value is -2.57. The molecule has 0 amide bonds. The number of aromatic nitrogens is 2. The van der Waals surface area contributed by atoms with E-state index in [9.17, 15) is 4.79 Å². The van der Waals surface area contributed by atoms with Crippen molar-refractivity contribution < 1.29 is 9.53 Å². The number of unbranched alkanes of at least 4 members (excludes halogenated alkanes) is 1. The standard InChI is InChI=1S/C25H29N3O2S/c1-3-4-13-25(30-2)14-16-28(17-15-25)22-11-9-21(10-12-22)24-27-26-23(31-24)20-7-5-19(18-29)6-8-20/h5-12,18H,3-4,13-17H2,1-2H3. The topological polar surface area (TPSA) is 55.3 Å². The summed E-state index contributed by atoms with van der Waals surface area (Å²) in [6.45, 7) is 4.29. The molecule has 0 aliphatic carbocycles. The largest absolute Gasteiger partial charge is 0.378 e. The summed E-state index contributed by atoms with van der Waals surface area (Å²) >= 11 is 1.56. The first-order valence-corrected chi connectivity index (χ1v) is 11.8. The first kappa shape index (κ1) is 21.7. The number of carbonyl (C=O) groups excluding carboxylic acids is 1. The molecule has 162 valence electrons. The molecule has 0 N–H and O–H groups in total. The van der Waals surface area contributed by atoms with Crippen LogP contribution in [-0.4, -0.2) is 42.3 Å². The van der Waals surface area contributed by atoms with Crippen molar-refractivity contribution >= 4 is 23.3 Å². The van der Waals surface area contributed by atoms with Gasteiger partial charge in [0.05, 0.1) is 5.60 Å². The smallest absolute Gasteiger partial charge is 0.150 e. The third kappa shape index (κ3) is 4.86. The maximum absolute atomic E-state index is 10.8. The van der Waals surface area contributed by atoms with Crippen LogP contribution in [0.1, 0.15) is 49.4 Å². The fraction of sp³-hybridized carbons (Fsp3) is 0.400. The Morgan fingerprint density at radius 3 is 2.10 bits per heavy atom. The van der Waals surface area contributed by atoms with E-state index in [1.165, 1.54) is 18.5 Å². The highest BCUT2D eigenvalue weighted by molar-refractivity contribution is 7.17. The van der Waals surface area contributed by atoms with Gasteiger partial charge in [0.1, 0.15) is 16.3 Å². The summed E-state index contributed by atoms with van der Waals surface area (Å²) in [5.74, 6) is 0. The van der Waals surface area contributed by atoms with Gasteiger partial charge in [0.15, 0.2) is 0 Å². The SMILES string of the molecule is CCCCC1(OC)CCN(c2ccc(-c3nnc(-c4ccc(C=O)cc4)s3)cc2)CC1. The number of methoxy groups -OCH3 is 1. The molecule has 1 aliphatic rings. The van der Waals surface area contributed by atoms with E-state index >= 15 is 0 Å². The summed E-state index contributed by atoms with van der Waals surface area (Å²) in [6.07, 6.45) is 6.60. The van der Waals surface area contributed by atoms with Crippen molar-refractivity contribution in [2.75, 3.05) is 25.1 Å². The van der Waals surface area contributed by atoms with Crippen molar-refractivity contribution in [2.24, 2.45) is 0 Å². The van der Waals surface area contributed by atoms with Gasteiger partial charge in [-0.05, 0) is 43.5 Å². The average molecular weight is 436 g/mol. The summed E-state index contributed by atoms with van der Waals surface area (Å²) in [5, 5.41) is 10.5. The summed E-state index contributed by atoms with van der Waals surface area (Å²) in [6, 6.07) is 16.0. The van der Waals surface area contributed by atoms with E-state index in [4.69, 9.17) is 4.74 Å².